The van der Waals surface area contributed by atoms with Crippen molar-refractivity contribution in [2.24, 2.45) is 5.92 Å². The Bertz CT molecular complexity index is 1110. The second-order valence-corrected chi connectivity index (χ2v) is 8.88. The number of para-hydroxylation sites is 1. The van der Waals surface area contributed by atoms with Gasteiger partial charge in [-0.15, -0.1) is 24.8 Å². The number of anilines is 2. The number of amides is 2. The number of carbonyl (C=O) groups is 2. The van der Waals surface area contributed by atoms with E-state index in [1.54, 1.807) is 18.2 Å². The van der Waals surface area contributed by atoms with Crippen LogP contribution in [0.3, 0.4) is 0 Å². The molecule has 10 heteroatoms. The summed E-state index contributed by atoms with van der Waals surface area (Å²) in [6.07, 6.45) is 3.86. The summed E-state index contributed by atoms with van der Waals surface area (Å²) in [7, 11) is 0. The quantitative estimate of drug-likeness (QED) is 0.409. The van der Waals surface area contributed by atoms with Crippen LogP contribution >= 0.6 is 36.4 Å². The Hall–Kier alpha value is -2.32. The molecule has 0 unspecified atom stereocenters. The second-order valence-electron chi connectivity index (χ2n) is 8.44. The Morgan fingerprint density at radius 1 is 1.12 bits per heavy atom. The third-order valence-electron chi connectivity index (χ3n) is 5.89. The maximum atomic E-state index is 12.9. The van der Waals surface area contributed by atoms with E-state index < -0.39 is 5.91 Å². The van der Waals surface area contributed by atoms with Crippen molar-refractivity contribution in [3.05, 3.63) is 53.4 Å². The van der Waals surface area contributed by atoms with E-state index in [1.165, 1.54) is 6.20 Å². The highest BCUT2D eigenvalue weighted by atomic mass is 35.5. The van der Waals surface area contributed by atoms with E-state index in [4.69, 9.17) is 16.0 Å². The third-order valence-corrected chi connectivity index (χ3v) is 6.11. The summed E-state index contributed by atoms with van der Waals surface area (Å²) >= 11 is 5.86. The lowest BCUT2D eigenvalue weighted by Crippen LogP contribution is -2.39. The molecule has 1 aliphatic heterocycles. The van der Waals surface area contributed by atoms with Gasteiger partial charge in [0.15, 0.2) is 0 Å². The van der Waals surface area contributed by atoms with Crippen LogP contribution in [0.1, 0.15) is 43.7 Å². The fourth-order valence-electron chi connectivity index (χ4n) is 4.08. The van der Waals surface area contributed by atoms with E-state index in [1.807, 2.05) is 18.2 Å². The van der Waals surface area contributed by atoms with Crippen molar-refractivity contribution in [2.75, 3.05) is 23.7 Å². The number of hydrogen-bond acceptors (Lipinski definition) is 5. The first kappa shape index (κ1) is 27.9. The van der Waals surface area contributed by atoms with Crippen LogP contribution in [0.4, 0.5) is 11.5 Å². The lowest BCUT2D eigenvalue weighted by atomic mass is 9.92. The molecule has 2 amide bonds. The first-order valence-electron chi connectivity index (χ1n) is 10.9. The van der Waals surface area contributed by atoms with Crippen LogP contribution in [0.2, 0.25) is 5.02 Å². The van der Waals surface area contributed by atoms with E-state index in [9.17, 15) is 9.59 Å². The van der Waals surface area contributed by atoms with Gasteiger partial charge in [-0.05, 0) is 70.0 Å². The number of piperidine rings is 1. The van der Waals surface area contributed by atoms with Gasteiger partial charge in [-0.25, -0.2) is 4.98 Å². The molecule has 1 aliphatic rings. The molecular weight excluding hydrogens is 499 g/mol. The lowest BCUT2D eigenvalue weighted by molar-refractivity contribution is -0.117. The molecule has 0 spiro atoms. The number of fused-ring (bicyclic) bond motifs is 1. The Balaban J connectivity index is 0.00000204. The van der Waals surface area contributed by atoms with Gasteiger partial charge in [-0.1, -0.05) is 23.7 Å². The zero-order valence-corrected chi connectivity index (χ0v) is 21.4. The maximum absolute atomic E-state index is 12.9. The molecule has 1 saturated heterocycles. The number of nitrogens with one attached hydrogen (secondary N) is 2. The minimum atomic E-state index is -0.489. The highest BCUT2D eigenvalue weighted by molar-refractivity contribution is 6.30. The number of furan rings is 1. The largest absolute Gasteiger partial charge is 0.449 e. The van der Waals surface area contributed by atoms with Gasteiger partial charge in [0.25, 0.3) is 5.91 Å². The lowest BCUT2D eigenvalue weighted by Gasteiger charge is -2.34. The smallest absolute Gasteiger partial charge is 0.294 e. The molecule has 7 nitrogen and oxygen atoms in total. The van der Waals surface area contributed by atoms with Crippen molar-refractivity contribution in [1.29, 1.82) is 0 Å². The number of rotatable bonds is 6. The summed E-state index contributed by atoms with van der Waals surface area (Å²) < 4.78 is 5.80. The standard InChI is InChI=1S/C24H27ClN4O3.2ClH/c1-15(2)29-11-9-16(10-12-29)13-21(30)28-22-18-5-3-4-6-19(18)32-23(22)24(31)27-20-8-7-17(25)14-26-20;;/h3-8,14-16H,9-13H2,1-2H3,(H,28,30)(H,26,27,31);2*1H. The van der Waals surface area contributed by atoms with E-state index in [0.29, 0.717) is 45.9 Å². The Morgan fingerprint density at radius 3 is 2.47 bits per heavy atom. The highest BCUT2D eigenvalue weighted by Crippen LogP contribution is 2.32. The fourth-order valence-corrected chi connectivity index (χ4v) is 4.19. The second kappa shape index (κ2) is 12.4. The minimum Gasteiger partial charge on any atom is -0.449 e. The minimum absolute atomic E-state index is 0. The molecule has 2 N–H and O–H groups in total. The van der Waals surface area contributed by atoms with Crippen LogP contribution < -0.4 is 10.6 Å². The molecule has 0 aliphatic carbocycles. The number of carbonyl (C=O) groups excluding carboxylic acids is 2. The van der Waals surface area contributed by atoms with E-state index >= 15 is 0 Å². The van der Waals surface area contributed by atoms with Gasteiger partial charge >= 0.3 is 0 Å². The fraction of sp³-hybridized carbons (Fsp3) is 0.375. The SMILES string of the molecule is CC(C)N1CCC(CC(=O)Nc2c(C(=O)Nc3ccc(Cl)cn3)oc3ccccc23)CC1.Cl.Cl. The van der Waals surface area contributed by atoms with Gasteiger partial charge in [0.1, 0.15) is 17.1 Å². The van der Waals surface area contributed by atoms with Crippen molar-refractivity contribution in [1.82, 2.24) is 9.88 Å². The molecule has 0 radical (unpaired) electrons. The predicted molar refractivity (Wildman–Crippen MR) is 141 cm³/mol. The molecule has 0 bridgehead atoms. The first-order chi connectivity index (χ1) is 15.4. The van der Waals surface area contributed by atoms with Crippen LogP contribution in [-0.4, -0.2) is 40.8 Å². The van der Waals surface area contributed by atoms with Gasteiger partial charge in [-0.3, -0.25) is 9.59 Å². The molecule has 4 rings (SSSR count). The normalized spacial score (nSPS) is 14.4. The predicted octanol–water partition coefficient (Wildman–Crippen LogP) is 6.03. The molecule has 3 aromatic rings. The van der Waals surface area contributed by atoms with Crippen molar-refractivity contribution >= 4 is 70.7 Å². The number of halogens is 3. The average Bonchev–Trinajstić information content (AvgIpc) is 3.14. The Morgan fingerprint density at radius 2 is 1.82 bits per heavy atom. The number of pyridine rings is 1. The topological polar surface area (TPSA) is 87.5 Å². The maximum Gasteiger partial charge on any atom is 0.294 e. The molecule has 2 aromatic heterocycles. The number of aromatic nitrogens is 1. The molecule has 184 valence electrons. The third kappa shape index (κ3) is 6.63. The Labute approximate surface area is 216 Å². The molecule has 0 atom stereocenters. The summed E-state index contributed by atoms with van der Waals surface area (Å²) in [6, 6.07) is 11.0. The monoisotopic (exact) mass is 526 g/mol. The number of hydrogen-bond donors (Lipinski definition) is 2. The molecular formula is C24H29Cl3N4O3. The molecule has 3 heterocycles. The van der Waals surface area contributed by atoms with E-state index in [2.05, 4.69) is 34.4 Å². The van der Waals surface area contributed by atoms with E-state index in [0.717, 1.165) is 25.9 Å². The van der Waals surface area contributed by atoms with Crippen molar-refractivity contribution in [3.8, 4) is 0 Å². The summed E-state index contributed by atoms with van der Waals surface area (Å²) in [5.41, 5.74) is 0.916. The van der Waals surface area contributed by atoms with Crippen LogP contribution in [-0.2, 0) is 4.79 Å². The average molecular weight is 528 g/mol. The Kier molecular flexibility index (Phi) is 10.2. The van der Waals surface area contributed by atoms with Crippen molar-refractivity contribution in [3.63, 3.8) is 0 Å². The molecule has 0 saturated carbocycles. The molecule has 34 heavy (non-hydrogen) atoms. The van der Waals surface area contributed by atoms with Crippen LogP contribution in [0.15, 0.2) is 47.0 Å². The van der Waals surface area contributed by atoms with Crippen molar-refractivity contribution < 1.29 is 14.0 Å². The zero-order valence-electron chi connectivity index (χ0n) is 19.0. The summed E-state index contributed by atoms with van der Waals surface area (Å²) in [5, 5.41) is 6.80. The number of nitrogens with zero attached hydrogens (tertiary/aromatic N) is 2. The summed E-state index contributed by atoms with van der Waals surface area (Å²) in [5.74, 6) is 0.119. The summed E-state index contributed by atoms with van der Waals surface area (Å²) in [6.45, 7) is 6.41. The molecule has 1 aromatic carbocycles. The number of likely N-dealkylation sites (tertiary alicyclic amines) is 1. The zero-order chi connectivity index (χ0) is 22.7. The highest BCUT2D eigenvalue weighted by Gasteiger charge is 2.26. The van der Waals surface area contributed by atoms with Gasteiger partial charge in [-0.2, -0.15) is 0 Å². The van der Waals surface area contributed by atoms with Crippen LogP contribution in [0.25, 0.3) is 11.0 Å². The van der Waals surface area contributed by atoms with Crippen LogP contribution in [0.5, 0.6) is 0 Å². The number of benzene rings is 1. The van der Waals surface area contributed by atoms with Crippen LogP contribution in [0, 0.1) is 5.92 Å². The first-order valence-corrected chi connectivity index (χ1v) is 11.3. The van der Waals surface area contributed by atoms with Gasteiger partial charge in [0, 0.05) is 24.0 Å². The van der Waals surface area contributed by atoms with E-state index in [-0.39, 0.29) is 36.5 Å². The van der Waals surface area contributed by atoms with Gasteiger partial charge in [0.2, 0.25) is 11.7 Å². The van der Waals surface area contributed by atoms with Crippen molar-refractivity contribution in [2.45, 2.75) is 39.2 Å². The van der Waals surface area contributed by atoms with Gasteiger partial charge in [0.05, 0.1) is 5.02 Å². The summed E-state index contributed by atoms with van der Waals surface area (Å²) in [4.78, 5) is 32.3. The van der Waals surface area contributed by atoms with Gasteiger partial charge < -0.3 is 20.0 Å². The molecule has 1 fully saturated rings.